The summed E-state index contributed by atoms with van der Waals surface area (Å²) in [6.45, 7) is 5.81. The summed E-state index contributed by atoms with van der Waals surface area (Å²) in [5, 5.41) is 12.6. The molecule has 4 bridgehead atoms. The Morgan fingerprint density at radius 2 is 1.57 bits per heavy atom. The number of benzene rings is 3. The molecule has 3 atom stereocenters. The molecule has 0 aromatic heterocycles. The topological polar surface area (TPSA) is 198 Å². The Bertz CT molecular complexity index is 1820. The summed E-state index contributed by atoms with van der Waals surface area (Å²) in [5.41, 5.74) is 1.17. The van der Waals surface area contributed by atoms with Crippen molar-refractivity contribution in [1.29, 1.82) is 0 Å². The minimum Gasteiger partial charge on any atom is -0.458 e. The van der Waals surface area contributed by atoms with Crippen molar-refractivity contribution in [2.24, 2.45) is 0 Å². The molecule has 0 saturated carbocycles. The summed E-state index contributed by atoms with van der Waals surface area (Å²) >= 11 is 0. The third kappa shape index (κ3) is 12.9. The number of ketones is 1. The van der Waals surface area contributed by atoms with Crippen LogP contribution in [0.15, 0.2) is 78.9 Å². The SMILES string of the molecule is CCCC(NC(=O)C1Cc2cccc(c2)Oc2ccc(cc2)CCC(=O)NCC(=O)N1)C(=O)C(=O)NCC(=O)NC(C(=O)OC(C)(C)C)c1ccccc1. The summed E-state index contributed by atoms with van der Waals surface area (Å²) < 4.78 is 11.5. The lowest BCUT2D eigenvalue weighted by Crippen LogP contribution is -2.55. The average molecular weight is 742 g/mol. The number of nitrogens with one attached hydrogen (secondary N) is 5. The number of carbonyl (C=O) groups excluding carboxylic acids is 7. The fourth-order valence-electron chi connectivity index (χ4n) is 5.54. The van der Waals surface area contributed by atoms with E-state index in [9.17, 15) is 33.6 Å². The zero-order valence-electron chi connectivity index (χ0n) is 30.9. The van der Waals surface area contributed by atoms with Gasteiger partial charge in [-0.2, -0.15) is 0 Å². The van der Waals surface area contributed by atoms with Crippen LogP contribution in [0.4, 0.5) is 0 Å². The number of ether oxygens (including phenoxy) is 2. The smallest absolute Gasteiger partial charge is 0.333 e. The van der Waals surface area contributed by atoms with Crippen molar-refractivity contribution in [3.05, 3.63) is 95.6 Å². The van der Waals surface area contributed by atoms with Crippen LogP contribution < -0.4 is 31.3 Å². The molecule has 3 aromatic carbocycles. The fraction of sp³-hybridized carbons (Fsp3) is 0.375. The van der Waals surface area contributed by atoms with E-state index in [1.807, 2.05) is 12.1 Å². The molecule has 5 rings (SSSR count). The summed E-state index contributed by atoms with van der Waals surface area (Å²) in [7, 11) is 0. The first-order valence-electron chi connectivity index (χ1n) is 17.8. The standard InChI is InChI=1S/C40H47N5O9/c1-5-10-30(36(49)38(51)42-24-34(48)45-35(27-12-7-6-8-13-27)39(52)54-40(2,3)4)44-37(50)31-22-26-11-9-14-29(21-26)53-28-18-15-25(16-19-28)17-20-32(46)41-23-33(47)43-31/h6-9,11-16,18-19,21,30-31,35H,5,10,17,20,22-24H2,1-4H3,(H,41,46)(H,42,51)(H,43,47)(H,44,50)(H,45,48). The molecule has 0 aliphatic carbocycles. The number of esters is 1. The Hall–Kier alpha value is -6.05. The van der Waals surface area contributed by atoms with E-state index in [0.717, 1.165) is 5.56 Å². The molecule has 0 radical (unpaired) electrons. The van der Waals surface area contributed by atoms with E-state index in [1.54, 1.807) is 94.4 Å². The predicted molar refractivity (Wildman–Crippen MR) is 198 cm³/mol. The number of Topliss-reactive ketones (excluding diaryl/α,β-unsaturated/α-hetero) is 1. The van der Waals surface area contributed by atoms with Crippen molar-refractivity contribution >= 4 is 41.3 Å². The Morgan fingerprint density at radius 1 is 0.852 bits per heavy atom. The number of rotatable bonds is 11. The minimum absolute atomic E-state index is 0.0126. The third-order valence-electron chi connectivity index (χ3n) is 8.16. The lowest BCUT2D eigenvalue weighted by atomic mass is 10.0. The van der Waals surface area contributed by atoms with Crippen LogP contribution in [0.3, 0.4) is 0 Å². The van der Waals surface area contributed by atoms with Crippen LogP contribution in [0.25, 0.3) is 0 Å². The Morgan fingerprint density at radius 3 is 2.26 bits per heavy atom. The molecule has 2 aliphatic heterocycles. The van der Waals surface area contributed by atoms with Gasteiger partial charge in [0.25, 0.3) is 5.91 Å². The lowest BCUT2D eigenvalue weighted by molar-refractivity contribution is -0.158. The largest absolute Gasteiger partial charge is 0.458 e. The van der Waals surface area contributed by atoms with E-state index >= 15 is 0 Å². The lowest BCUT2D eigenvalue weighted by Gasteiger charge is -2.25. The average Bonchev–Trinajstić information content (AvgIpc) is 3.13. The zero-order valence-corrected chi connectivity index (χ0v) is 30.9. The van der Waals surface area contributed by atoms with Gasteiger partial charge in [0, 0.05) is 12.8 Å². The van der Waals surface area contributed by atoms with Gasteiger partial charge < -0.3 is 36.1 Å². The van der Waals surface area contributed by atoms with E-state index in [0.29, 0.717) is 35.5 Å². The van der Waals surface area contributed by atoms with Crippen molar-refractivity contribution in [3.63, 3.8) is 0 Å². The van der Waals surface area contributed by atoms with E-state index in [2.05, 4.69) is 26.6 Å². The molecule has 14 heteroatoms. The number of carbonyl (C=O) groups is 7. The molecule has 0 saturated heterocycles. The Balaban J connectivity index is 1.44. The number of fused-ring (bicyclic) bond motifs is 10. The summed E-state index contributed by atoms with van der Waals surface area (Å²) in [4.78, 5) is 91.4. The number of amides is 5. The highest BCUT2D eigenvalue weighted by Gasteiger charge is 2.32. The Labute approximate surface area is 314 Å². The fourth-order valence-corrected chi connectivity index (χ4v) is 5.54. The highest BCUT2D eigenvalue weighted by molar-refractivity contribution is 6.38. The third-order valence-corrected chi connectivity index (χ3v) is 8.16. The first kappa shape index (κ1) is 40.7. The van der Waals surface area contributed by atoms with Crippen molar-refractivity contribution in [3.8, 4) is 11.5 Å². The van der Waals surface area contributed by atoms with Gasteiger partial charge in [0.2, 0.25) is 29.4 Å². The van der Waals surface area contributed by atoms with Crippen LogP contribution in [-0.4, -0.2) is 72.1 Å². The van der Waals surface area contributed by atoms with E-state index in [-0.39, 0.29) is 31.7 Å². The molecule has 2 heterocycles. The van der Waals surface area contributed by atoms with Gasteiger partial charge in [0.15, 0.2) is 6.04 Å². The quantitative estimate of drug-likeness (QED) is 0.145. The van der Waals surface area contributed by atoms with Crippen molar-refractivity contribution in [2.75, 3.05) is 13.1 Å². The second-order valence-corrected chi connectivity index (χ2v) is 13.8. The molecule has 5 N–H and O–H groups in total. The van der Waals surface area contributed by atoms with Crippen molar-refractivity contribution < 1.29 is 43.0 Å². The molecule has 5 amide bonds. The molecular formula is C40H47N5O9. The molecule has 2 aliphatic rings. The second kappa shape index (κ2) is 19.1. The van der Waals surface area contributed by atoms with Crippen molar-refractivity contribution in [2.45, 2.75) is 83.5 Å². The maximum Gasteiger partial charge on any atom is 0.333 e. The molecule has 0 spiro atoms. The Kier molecular flexibility index (Phi) is 14.4. The van der Waals surface area contributed by atoms with E-state index in [1.165, 1.54) is 0 Å². The maximum atomic E-state index is 13.7. The van der Waals surface area contributed by atoms with Crippen LogP contribution in [0.5, 0.6) is 11.5 Å². The molecule has 3 unspecified atom stereocenters. The van der Waals surface area contributed by atoms with Gasteiger partial charge in [-0.25, -0.2) is 4.79 Å². The predicted octanol–water partition coefficient (Wildman–Crippen LogP) is 2.74. The molecular weight excluding hydrogens is 694 g/mol. The van der Waals surface area contributed by atoms with Gasteiger partial charge in [-0.05, 0) is 74.6 Å². The molecule has 14 nitrogen and oxygen atoms in total. The first-order valence-corrected chi connectivity index (χ1v) is 17.8. The summed E-state index contributed by atoms with van der Waals surface area (Å²) in [6.07, 6.45) is 1.06. The maximum absolute atomic E-state index is 13.7. The van der Waals surface area contributed by atoms with E-state index < -0.39 is 65.7 Å². The molecule has 54 heavy (non-hydrogen) atoms. The highest BCUT2D eigenvalue weighted by atomic mass is 16.6. The molecule has 3 aromatic rings. The summed E-state index contributed by atoms with van der Waals surface area (Å²) in [6, 6.07) is 19.0. The number of aryl methyl sites for hydroxylation is 1. The van der Waals surface area contributed by atoms with Gasteiger partial charge in [-0.3, -0.25) is 28.8 Å². The number of hydrogen-bond donors (Lipinski definition) is 5. The van der Waals surface area contributed by atoms with E-state index in [4.69, 9.17) is 9.47 Å². The van der Waals surface area contributed by atoms with Crippen molar-refractivity contribution in [1.82, 2.24) is 26.6 Å². The molecule has 286 valence electrons. The van der Waals surface area contributed by atoms with Gasteiger partial charge in [-0.15, -0.1) is 0 Å². The van der Waals surface area contributed by atoms with Gasteiger partial charge in [0.05, 0.1) is 19.1 Å². The van der Waals surface area contributed by atoms with Crippen LogP contribution in [0.1, 0.15) is 69.7 Å². The zero-order chi connectivity index (χ0) is 39.3. The molecule has 0 fully saturated rings. The minimum atomic E-state index is -1.29. The van der Waals surface area contributed by atoms with Gasteiger partial charge in [0.1, 0.15) is 23.1 Å². The van der Waals surface area contributed by atoms with Crippen LogP contribution in [-0.2, 0) is 51.1 Å². The van der Waals surface area contributed by atoms with Gasteiger partial charge >= 0.3 is 5.97 Å². The van der Waals surface area contributed by atoms with Crippen LogP contribution in [0.2, 0.25) is 0 Å². The normalized spacial score (nSPS) is 15.9. The van der Waals surface area contributed by atoms with Gasteiger partial charge in [-0.1, -0.05) is 67.9 Å². The van der Waals surface area contributed by atoms with Crippen LogP contribution >= 0.6 is 0 Å². The summed E-state index contributed by atoms with van der Waals surface area (Å²) in [5.74, 6) is -4.26. The monoisotopic (exact) mass is 741 g/mol. The highest BCUT2D eigenvalue weighted by Crippen LogP contribution is 2.24. The number of hydrogen-bond acceptors (Lipinski definition) is 9. The van der Waals surface area contributed by atoms with Crippen LogP contribution in [0, 0.1) is 0 Å². The second-order valence-electron chi connectivity index (χ2n) is 13.8. The first-order chi connectivity index (χ1) is 25.7.